The summed E-state index contributed by atoms with van der Waals surface area (Å²) in [5.74, 6) is 3.10. The van der Waals surface area contributed by atoms with Gasteiger partial charge in [0.15, 0.2) is 0 Å². The first-order chi connectivity index (χ1) is 10.2. The first kappa shape index (κ1) is 14.8. The number of hydrogen-bond donors (Lipinski definition) is 1. The summed E-state index contributed by atoms with van der Waals surface area (Å²) >= 11 is 0. The second-order valence-electron chi connectivity index (χ2n) is 7.23. The molecule has 114 valence electrons. The van der Waals surface area contributed by atoms with Crippen molar-refractivity contribution >= 4 is 0 Å². The van der Waals surface area contributed by atoms with E-state index in [1.165, 1.54) is 25.8 Å². The molecule has 1 nitrogen and oxygen atoms in total. The average molecular weight is 283 g/mol. The van der Waals surface area contributed by atoms with Crippen LogP contribution in [0.1, 0.15) is 51.0 Å². The summed E-state index contributed by atoms with van der Waals surface area (Å²) < 4.78 is 0. The van der Waals surface area contributed by atoms with Gasteiger partial charge in [-0.15, -0.1) is 6.58 Å². The first-order valence-electron chi connectivity index (χ1n) is 8.61. The normalized spacial score (nSPS) is 39.0. The van der Waals surface area contributed by atoms with Crippen molar-refractivity contribution in [3.8, 4) is 0 Å². The van der Waals surface area contributed by atoms with E-state index in [2.05, 4.69) is 62.2 Å². The van der Waals surface area contributed by atoms with Crippen molar-refractivity contribution in [3.63, 3.8) is 0 Å². The molecular formula is C20H29N. The summed E-state index contributed by atoms with van der Waals surface area (Å²) in [5.41, 5.74) is 1.88. The van der Waals surface area contributed by atoms with Crippen LogP contribution < -0.4 is 5.32 Å². The predicted octanol–water partition coefficient (Wildman–Crippen LogP) is 4.76. The van der Waals surface area contributed by atoms with Crippen molar-refractivity contribution in [2.24, 2.45) is 17.8 Å². The number of fused-ring (bicyclic) bond motifs is 2. The standard InChI is InChI=1S/C20H29N/c1-4-11-20-13-19(15(3)14-21-20)18(12-17(20)5-2)16-9-7-6-8-10-16/h4,6-10,15,17-19,21H,1,5,11-14H2,2-3H3. The van der Waals surface area contributed by atoms with Crippen LogP contribution in [0.15, 0.2) is 43.0 Å². The van der Waals surface area contributed by atoms with Crippen molar-refractivity contribution in [3.05, 3.63) is 48.6 Å². The number of benzene rings is 1. The molecule has 5 unspecified atom stereocenters. The maximum Gasteiger partial charge on any atom is 0.0247 e. The Morgan fingerprint density at radius 2 is 2.10 bits per heavy atom. The Morgan fingerprint density at radius 1 is 1.33 bits per heavy atom. The maximum atomic E-state index is 4.02. The van der Waals surface area contributed by atoms with Crippen molar-refractivity contribution in [2.75, 3.05) is 6.54 Å². The van der Waals surface area contributed by atoms with Crippen molar-refractivity contribution in [1.82, 2.24) is 5.32 Å². The van der Waals surface area contributed by atoms with E-state index in [0.717, 1.165) is 30.1 Å². The molecule has 1 aliphatic heterocycles. The van der Waals surface area contributed by atoms with E-state index in [4.69, 9.17) is 0 Å². The Bertz CT molecular complexity index is 480. The van der Waals surface area contributed by atoms with Gasteiger partial charge >= 0.3 is 0 Å². The van der Waals surface area contributed by atoms with Gasteiger partial charge in [0.25, 0.3) is 0 Å². The van der Waals surface area contributed by atoms with Gasteiger partial charge in [-0.05, 0) is 55.0 Å². The number of rotatable bonds is 4. The van der Waals surface area contributed by atoms with Gasteiger partial charge in [-0.1, -0.05) is 56.7 Å². The molecule has 1 heteroatoms. The van der Waals surface area contributed by atoms with Gasteiger partial charge in [0.05, 0.1) is 0 Å². The third-order valence-electron chi connectivity index (χ3n) is 6.17. The van der Waals surface area contributed by atoms with Crippen molar-refractivity contribution in [1.29, 1.82) is 0 Å². The smallest absolute Gasteiger partial charge is 0.0247 e. The van der Waals surface area contributed by atoms with Crippen LogP contribution in [-0.2, 0) is 0 Å². The van der Waals surface area contributed by atoms with Crippen LogP contribution in [0.2, 0.25) is 0 Å². The van der Waals surface area contributed by atoms with Gasteiger partial charge in [-0.2, -0.15) is 0 Å². The lowest BCUT2D eigenvalue weighted by atomic mass is 9.56. The number of nitrogens with one attached hydrogen (secondary N) is 1. The molecule has 1 aromatic rings. The van der Waals surface area contributed by atoms with Gasteiger partial charge in [-0.3, -0.25) is 0 Å². The fraction of sp³-hybridized carbons (Fsp3) is 0.600. The van der Waals surface area contributed by atoms with Crippen LogP contribution in [0.5, 0.6) is 0 Å². The van der Waals surface area contributed by atoms with E-state index in [1.807, 2.05) is 0 Å². The van der Waals surface area contributed by atoms with E-state index in [1.54, 1.807) is 5.56 Å². The molecule has 0 aromatic heterocycles. The lowest BCUT2D eigenvalue weighted by molar-refractivity contribution is 0.0175. The van der Waals surface area contributed by atoms with Crippen molar-refractivity contribution in [2.45, 2.75) is 51.0 Å². The number of piperidine rings is 1. The summed E-state index contributed by atoms with van der Waals surface area (Å²) in [4.78, 5) is 0. The summed E-state index contributed by atoms with van der Waals surface area (Å²) in [6.45, 7) is 9.97. The lowest BCUT2D eigenvalue weighted by Crippen LogP contribution is -2.62. The molecule has 2 fully saturated rings. The molecule has 2 aliphatic rings. The fourth-order valence-corrected chi connectivity index (χ4v) is 4.99. The van der Waals surface area contributed by atoms with E-state index in [9.17, 15) is 0 Å². The first-order valence-corrected chi connectivity index (χ1v) is 8.61. The lowest BCUT2D eigenvalue weighted by Gasteiger charge is -2.56. The summed E-state index contributed by atoms with van der Waals surface area (Å²) in [7, 11) is 0. The SMILES string of the molecule is C=CCC12CC(C(C)CN1)C(c1ccccc1)CC2CC. The molecule has 21 heavy (non-hydrogen) atoms. The molecule has 1 N–H and O–H groups in total. The molecule has 0 spiro atoms. The Balaban J connectivity index is 1.93. The summed E-state index contributed by atoms with van der Waals surface area (Å²) in [6, 6.07) is 11.2. The van der Waals surface area contributed by atoms with Crippen LogP contribution in [0.25, 0.3) is 0 Å². The largest absolute Gasteiger partial charge is 0.310 e. The Labute approximate surface area is 129 Å². The minimum absolute atomic E-state index is 0.318. The second kappa shape index (κ2) is 5.96. The van der Waals surface area contributed by atoms with Gasteiger partial charge in [0.1, 0.15) is 0 Å². The zero-order valence-electron chi connectivity index (χ0n) is 13.5. The highest BCUT2D eigenvalue weighted by Gasteiger charge is 2.50. The van der Waals surface area contributed by atoms with Crippen molar-refractivity contribution < 1.29 is 0 Å². The third-order valence-corrected chi connectivity index (χ3v) is 6.17. The van der Waals surface area contributed by atoms with Gasteiger partial charge in [0, 0.05) is 5.54 Å². The van der Waals surface area contributed by atoms with E-state index < -0.39 is 0 Å². The average Bonchev–Trinajstić information content (AvgIpc) is 2.52. The molecule has 1 saturated carbocycles. The molecule has 1 aliphatic carbocycles. The highest BCUT2D eigenvalue weighted by atomic mass is 15.0. The van der Waals surface area contributed by atoms with Crippen LogP contribution in [0.4, 0.5) is 0 Å². The van der Waals surface area contributed by atoms with Crippen LogP contribution >= 0.6 is 0 Å². The quantitative estimate of drug-likeness (QED) is 0.786. The molecule has 0 radical (unpaired) electrons. The van der Waals surface area contributed by atoms with Gasteiger partial charge in [-0.25, -0.2) is 0 Å². The minimum atomic E-state index is 0.318. The molecule has 0 amide bonds. The summed E-state index contributed by atoms with van der Waals surface area (Å²) in [5, 5.41) is 3.92. The van der Waals surface area contributed by atoms with E-state index >= 15 is 0 Å². The highest BCUT2D eigenvalue weighted by molar-refractivity contribution is 5.24. The summed E-state index contributed by atoms with van der Waals surface area (Å²) in [6.07, 6.45) is 7.17. The second-order valence-corrected chi connectivity index (χ2v) is 7.23. The molecule has 3 rings (SSSR count). The monoisotopic (exact) mass is 283 g/mol. The van der Waals surface area contributed by atoms with Crippen LogP contribution in [-0.4, -0.2) is 12.1 Å². The maximum absolute atomic E-state index is 4.02. The molecule has 1 heterocycles. The molecular weight excluding hydrogens is 254 g/mol. The number of hydrogen-bond acceptors (Lipinski definition) is 1. The molecule has 2 bridgehead atoms. The van der Waals surface area contributed by atoms with E-state index in [-0.39, 0.29) is 0 Å². The van der Waals surface area contributed by atoms with Gasteiger partial charge < -0.3 is 5.32 Å². The Morgan fingerprint density at radius 3 is 2.76 bits per heavy atom. The zero-order valence-corrected chi connectivity index (χ0v) is 13.5. The Kier molecular flexibility index (Phi) is 4.21. The van der Waals surface area contributed by atoms with Gasteiger partial charge in [0.2, 0.25) is 0 Å². The zero-order chi connectivity index (χ0) is 14.9. The molecule has 1 aromatic carbocycles. The molecule has 1 saturated heterocycles. The predicted molar refractivity (Wildman–Crippen MR) is 90.4 cm³/mol. The minimum Gasteiger partial charge on any atom is -0.310 e. The van der Waals surface area contributed by atoms with Crippen LogP contribution in [0, 0.1) is 17.8 Å². The highest BCUT2D eigenvalue weighted by Crippen LogP contribution is 2.52. The fourth-order valence-electron chi connectivity index (χ4n) is 4.99. The Hall–Kier alpha value is -1.08. The third kappa shape index (κ3) is 2.57. The topological polar surface area (TPSA) is 12.0 Å². The van der Waals surface area contributed by atoms with Crippen LogP contribution in [0.3, 0.4) is 0 Å². The molecule has 5 atom stereocenters. The van der Waals surface area contributed by atoms with E-state index in [0.29, 0.717) is 5.54 Å².